The van der Waals surface area contributed by atoms with E-state index in [1.54, 1.807) is 18.0 Å². The minimum absolute atomic E-state index is 0.0788. The third-order valence-corrected chi connectivity index (χ3v) is 4.47. The van der Waals surface area contributed by atoms with E-state index in [1.807, 2.05) is 48.5 Å². The summed E-state index contributed by atoms with van der Waals surface area (Å²) in [6.07, 6.45) is 1.72. The zero-order chi connectivity index (χ0) is 16.9. The van der Waals surface area contributed by atoms with E-state index in [2.05, 4.69) is 10.3 Å². The van der Waals surface area contributed by atoms with E-state index in [0.717, 1.165) is 21.9 Å². The number of hydrogen-bond acceptors (Lipinski definition) is 4. The highest BCUT2D eigenvalue weighted by Gasteiger charge is 2.07. The molecule has 3 rings (SSSR count). The number of amides is 1. The van der Waals surface area contributed by atoms with Crippen LogP contribution in [0.2, 0.25) is 5.02 Å². The van der Waals surface area contributed by atoms with E-state index >= 15 is 0 Å². The van der Waals surface area contributed by atoms with Crippen LogP contribution in [0.25, 0.3) is 11.3 Å². The van der Waals surface area contributed by atoms with Crippen molar-refractivity contribution >= 4 is 35.0 Å². The number of aromatic nitrogens is 1. The number of benzene rings is 2. The van der Waals surface area contributed by atoms with Crippen molar-refractivity contribution in [3.05, 3.63) is 65.6 Å². The largest absolute Gasteiger partial charge is 0.440 e. The quantitative estimate of drug-likeness (QED) is 0.633. The van der Waals surface area contributed by atoms with Gasteiger partial charge in [-0.3, -0.25) is 4.79 Å². The van der Waals surface area contributed by atoms with Crippen LogP contribution >= 0.6 is 23.4 Å². The molecule has 24 heavy (non-hydrogen) atoms. The number of carbonyl (C=O) groups excluding carboxylic acids is 1. The number of carbonyl (C=O) groups is 1. The van der Waals surface area contributed by atoms with Crippen molar-refractivity contribution < 1.29 is 9.21 Å². The molecule has 6 heteroatoms. The molecule has 0 aliphatic rings. The van der Waals surface area contributed by atoms with Gasteiger partial charge in [0.2, 0.25) is 11.8 Å². The summed E-state index contributed by atoms with van der Waals surface area (Å²) in [6.45, 7) is 1.49. The van der Waals surface area contributed by atoms with Crippen molar-refractivity contribution in [1.82, 2.24) is 4.98 Å². The Bertz CT molecular complexity index is 829. The van der Waals surface area contributed by atoms with Gasteiger partial charge in [0, 0.05) is 28.1 Å². The molecule has 0 saturated carbocycles. The smallest absolute Gasteiger partial charge is 0.221 e. The molecule has 1 aromatic heterocycles. The van der Waals surface area contributed by atoms with Crippen LogP contribution in [0.15, 0.2) is 64.0 Å². The summed E-state index contributed by atoms with van der Waals surface area (Å²) in [5, 5.41) is 3.43. The number of halogens is 1. The fourth-order valence-electron chi connectivity index (χ4n) is 2.11. The maximum absolute atomic E-state index is 11.0. The van der Waals surface area contributed by atoms with E-state index in [-0.39, 0.29) is 5.91 Å². The first-order chi connectivity index (χ1) is 11.6. The standard InChI is InChI=1S/C18H15ClN2O2S/c1-12(22)21-15-6-8-16(9-7-15)24-11-18-20-10-17(23-18)13-2-4-14(19)5-3-13/h2-10H,11H2,1H3,(H,21,22). The lowest BCUT2D eigenvalue weighted by Crippen LogP contribution is -2.05. The van der Waals surface area contributed by atoms with Crippen LogP contribution < -0.4 is 5.32 Å². The Hall–Kier alpha value is -2.24. The number of anilines is 1. The summed E-state index contributed by atoms with van der Waals surface area (Å²) < 4.78 is 5.78. The van der Waals surface area contributed by atoms with Gasteiger partial charge in [-0.05, 0) is 48.5 Å². The summed E-state index contributed by atoms with van der Waals surface area (Å²) in [4.78, 5) is 16.4. The fourth-order valence-corrected chi connectivity index (χ4v) is 2.99. The number of rotatable bonds is 5. The zero-order valence-electron chi connectivity index (χ0n) is 13.0. The molecule has 0 atom stereocenters. The molecule has 1 amide bonds. The molecule has 3 aromatic rings. The molecule has 0 unspecified atom stereocenters. The van der Waals surface area contributed by atoms with Gasteiger partial charge in [0.1, 0.15) is 0 Å². The highest BCUT2D eigenvalue weighted by Crippen LogP contribution is 2.27. The minimum Gasteiger partial charge on any atom is -0.440 e. The number of oxazole rings is 1. The van der Waals surface area contributed by atoms with Crippen molar-refractivity contribution in [2.24, 2.45) is 0 Å². The van der Waals surface area contributed by atoms with Gasteiger partial charge in [0.25, 0.3) is 0 Å². The molecule has 2 aromatic carbocycles. The van der Waals surface area contributed by atoms with Gasteiger partial charge in [-0.2, -0.15) is 0 Å². The van der Waals surface area contributed by atoms with E-state index in [4.69, 9.17) is 16.0 Å². The first-order valence-corrected chi connectivity index (χ1v) is 8.67. The average Bonchev–Trinajstić information content (AvgIpc) is 3.03. The van der Waals surface area contributed by atoms with Crippen molar-refractivity contribution in [2.45, 2.75) is 17.6 Å². The molecule has 0 aliphatic heterocycles. The zero-order valence-corrected chi connectivity index (χ0v) is 14.5. The van der Waals surface area contributed by atoms with Gasteiger partial charge < -0.3 is 9.73 Å². The van der Waals surface area contributed by atoms with Crippen molar-refractivity contribution in [3.8, 4) is 11.3 Å². The molecule has 4 nitrogen and oxygen atoms in total. The summed E-state index contributed by atoms with van der Waals surface area (Å²) in [6, 6.07) is 15.1. The highest BCUT2D eigenvalue weighted by atomic mass is 35.5. The van der Waals surface area contributed by atoms with Crippen LogP contribution in [0, 0.1) is 0 Å². The topological polar surface area (TPSA) is 55.1 Å². The van der Waals surface area contributed by atoms with Crippen LogP contribution in [0.4, 0.5) is 5.69 Å². The Balaban J connectivity index is 1.61. The predicted octanol–water partition coefficient (Wildman–Crippen LogP) is 5.25. The molecule has 1 heterocycles. The minimum atomic E-state index is -0.0788. The highest BCUT2D eigenvalue weighted by molar-refractivity contribution is 7.98. The lowest BCUT2D eigenvalue weighted by Gasteiger charge is -2.03. The summed E-state index contributed by atoms with van der Waals surface area (Å²) >= 11 is 7.51. The molecule has 122 valence electrons. The molecule has 0 aliphatic carbocycles. The first-order valence-electron chi connectivity index (χ1n) is 7.31. The van der Waals surface area contributed by atoms with E-state index in [0.29, 0.717) is 16.7 Å². The van der Waals surface area contributed by atoms with Gasteiger partial charge in [-0.15, -0.1) is 11.8 Å². The number of thioether (sulfide) groups is 1. The monoisotopic (exact) mass is 358 g/mol. The molecular formula is C18H15ClN2O2S. The second kappa shape index (κ2) is 7.55. The molecular weight excluding hydrogens is 344 g/mol. The van der Waals surface area contributed by atoms with Gasteiger partial charge in [-0.25, -0.2) is 4.98 Å². The second-order valence-electron chi connectivity index (χ2n) is 5.12. The van der Waals surface area contributed by atoms with Crippen molar-refractivity contribution in [1.29, 1.82) is 0 Å². The lowest BCUT2D eigenvalue weighted by atomic mass is 10.2. The number of nitrogens with one attached hydrogen (secondary N) is 1. The van der Waals surface area contributed by atoms with Crippen LogP contribution in [-0.4, -0.2) is 10.9 Å². The van der Waals surface area contributed by atoms with Gasteiger partial charge >= 0.3 is 0 Å². The third-order valence-electron chi connectivity index (χ3n) is 3.22. The lowest BCUT2D eigenvalue weighted by molar-refractivity contribution is -0.114. The Labute approximate surface area is 149 Å². The number of hydrogen-bond donors (Lipinski definition) is 1. The van der Waals surface area contributed by atoms with E-state index < -0.39 is 0 Å². The third kappa shape index (κ3) is 4.40. The summed E-state index contributed by atoms with van der Waals surface area (Å²) in [5.74, 6) is 1.94. The summed E-state index contributed by atoms with van der Waals surface area (Å²) in [7, 11) is 0. The Morgan fingerprint density at radius 3 is 2.54 bits per heavy atom. The molecule has 1 N–H and O–H groups in total. The average molecular weight is 359 g/mol. The number of nitrogens with zero attached hydrogens (tertiary/aromatic N) is 1. The van der Waals surface area contributed by atoms with Crippen LogP contribution in [0.1, 0.15) is 12.8 Å². The molecule has 0 bridgehead atoms. The molecule has 0 fully saturated rings. The normalized spacial score (nSPS) is 10.6. The maximum Gasteiger partial charge on any atom is 0.221 e. The molecule has 0 spiro atoms. The first kappa shape index (κ1) is 16.6. The van der Waals surface area contributed by atoms with Gasteiger partial charge in [0.15, 0.2) is 5.76 Å². The van der Waals surface area contributed by atoms with Crippen LogP contribution in [0.3, 0.4) is 0 Å². The van der Waals surface area contributed by atoms with Gasteiger partial charge in [-0.1, -0.05) is 11.6 Å². The SMILES string of the molecule is CC(=O)Nc1ccc(SCc2ncc(-c3ccc(Cl)cc3)o2)cc1. The molecule has 0 radical (unpaired) electrons. The second-order valence-corrected chi connectivity index (χ2v) is 6.60. The van der Waals surface area contributed by atoms with Gasteiger partial charge in [0.05, 0.1) is 11.9 Å². The van der Waals surface area contributed by atoms with Crippen LogP contribution in [0.5, 0.6) is 0 Å². The van der Waals surface area contributed by atoms with E-state index in [9.17, 15) is 4.79 Å². The summed E-state index contributed by atoms with van der Waals surface area (Å²) in [5.41, 5.74) is 1.73. The van der Waals surface area contributed by atoms with Crippen molar-refractivity contribution in [2.75, 3.05) is 5.32 Å². The fraction of sp³-hybridized carbons (Fsp3) is 0.111. The van der Waals surface area contributed by atoms with Crippen molar-refractivity contribution in [3.63, 3.8) is 0 Å². The van der Waals surface area contributed by atoms with E-state index in [1.165, 1.54) is 6.92 Å². The Morgan fingerprint density at radius 2 is 1.88 bits per heavy atom. The molecule has 0 saturated heterocycles. The maximum atomic E-state index is 11.0. The Kier molecular flexibility index (Phi) is 5.23. The predicted molar refractivity (Wildman–Crippen MR) is 97.3 cm³/mol. The van der Waals surface area contributed by atoms with Crippen LogP contribution in [-0.2, 0) is 10.5 Å². The Morgan fingerprint density at radius 1 is 1.17 bits per heavy atom.